The molecule has 0 bridgehead atoms. The fourth-order valence-electron chi connectivity index (χ4n) is 1.92. The van der Waals surface area contributed by atoms with Crippen molar-refractivity contribution in [2.45, 2.75) is 46.5 Å². The lowest BCUT2D eigenvalue weighted by Gasteiger charge is -2.25. The van der Waals surface area contributed by atoms with E-state index in [0.29, 0.717) is 5.41 Å². The van der Waals surface area contributed by atoms with E-state index in [4.69, 9.17) is 19.2 Å². The zero-order chi connectivity index (χ0) is 13.0. The molecule has 4 heteroatoms. The first kappa shape index (κ1) is 16.9. The summed E-state index contributed by atoms with van der Waals surface area (Å²) in [4.78, 5) is 32.5. The second-order valence-corrected chi connectivity index (χ2v) is 3.81. The third kappa shape index (κ3) is 6.88. The van der Waals surface area contributed by atoms with Gasteiger partial charge < -0.3 is 0 Å². The van der Waals surface area contributed by atoms with Crippen molar-refractivity contribution in [2.24, 2.45) is 5.41 Å². The zero-order valence-corrected chi connectivity index (χ0v) is 10.0. The Balaban J connectivity index is 0. The standard InChI is InChI=1S/C10H18.2CO2/c1-4-10(5-2)7-6-9(3)8-10;2*2-1-3/h6H,4-5,7-8H2,1-3H3;;. The van der Waals surface area contributed by atoms with Gasteiger partial charge in [-0.3, -0.25) is 0 Å². The first-order valence-corrected chi connectivity index (χ1v) is 5.20. The summed E-state index contributed by atoms with van der Waals surface area (Å²) in [7, 11) is 0. The van der Waals surface area contributed by atoms with Crippen LogP contribution in [0.5, 0.6) is 0 Å². The Morgan fingerprint density at radius 3 is 1.62 bits per heavy atom. The molecule has 0 saturated carbocycles. The average molecular weight is 226 g/mol. The molecule has 90 valence electrons. The maximum absolute atomic E-state index is 8.12. The number of hydrogen-bond acceptors (Lipinski definition) is 4. The van der Waals surface area contributed by atoms with Gasteiger partial charge in [0.2, 0.25) is 0 Å². The highest BCUT2D eigenvalue weighted by molar-refractivity contribution is 5.20. The lowest BCUT2D eigenvalue weighted by Crippen LogP contribution is -2.13. The smallest absolute Gasteiger partial charge is 0.186 e. The van der Waals surface area contributed by atoms with Gasteiger partial charge in [0.25, 0.3) is 0 Å². The van der Waals surface area contributed by atoms with E-state index >= 15 is 0 Å². The van der Waals surface area contributed by atoms with Crippen LogP contribution in [0.25, 0.3) is 0 Å². The van der Waals surface area contributed by atoms with Gasteiger partial charge in [-0.05, 0) is 38.0 Å². The second kappa shape index (κ2) is 10.0. The van der Waals surface area contributed by atoms with Crippen LogP contribution >= 0.6 is 0 Å². The van der Waals surface area contributed by atoms with Crippen LogP contribution in [-0.2, 0) is 19.2 Å². The fraction of sp³-hybridized carbons (Fsp3) is 0.667. The van der Waals surface area contributed by atoms with E-state index in [2.05, 4.69) is 26.8 Å². The Kier molecular flexibility index (Phi) is 10.6. The zero-order valence-electron chi connectivity index (χ0n) is 10.0. The lowest BCUT2D eigenvalue weighted by atomic mass is 9.79. The number of rotatable bonds is 2. The number of carbonyl (C=O) groups excluding carboxylic acids is 4. The summed E-state index contributed by atoms with van der Waals surface area (Å²) in [5, 5.41) is 0. The molecule has 0 aromatic rings. The molecule has 0 heterocycles. The van der Waals surface area contributed by atoms with Gasteiger partial charge in [-0.2, -0.15) is 19.2 Å². The van der Waals surface area contributed by atoms with Crippen LogP contribution in [-0.4, -0.2) is 12.3 Å². The Morgan fingerprint density at radius 1 is 1.12 bits per heavy atom. The molecule has 0 N–H and O–H groups in total. The SMILES string of the molecule is CCC1(CC)CC=C(C)C1.O=C=O.O=C=O. The van der Waals surface area contributed by atoms with E-state index in [9.17, 15) is 0 Å². The molecular formula is C12H18O4. The minimum atomic E-state index is 0.250. The van der Waals surface area contributed by atoms with Crippen LogP contribution in [0.2, 0.25) is 0 Å². The summed E-state index contributed by atoms with van der Waals surface area (Å²) in [6, 6.07) is 0. The van der Waals surface area contributed by atoms with E-state index in [1.165, 1.54) is 25.7 Å². The van der Waals surface area contributed by atoms with Crippen molar-refractivity contribution in [1.29, 1.82) is 0 Å². The largest absolute Gasteiger partial charge is 0.373 e. The predicted octanol–water partition coefficient (Wildman–Crippen LogP) is 2.37. The number of allylic oxidation sites excluding steroid dienone is 2. The van der Waals surface area contributed by atoms with E-state index < -0.39 is 0 Å². The highest BCUT2D eigenvalue weighted by Gasteiger charge is 2.28. The molecule has 0 saturated heterocycles. The first-order valence-electron chi connectivity index (χ1n) is 5.20. The minimum Gasteiger partial charge on any atom is -0.186 e. The van der Waals surface area contributed by atoms with Crippen molar-refractivity contribution < 1.29 is 19.2 Å². The first-order chi connectivity index (χ1) is 7.55. The van der Waals surface area contributed by atoms with Gasteiger partial charge in [-0.1, -0.05) is 25.5 Å². The molecule has 1 rings (SSSR count). The molecule has 0 aromatic heterocycles. The summed E-state index contributed by atoms with van der Waals surface area (Å²) in [5.74, 6) is 0. The van der Waals surface area contributed by atoms with Gasteiger partial charge in [-0.15, -0.1) is 0 Å². The van der Waals surface area contributed by atoms with E-state index in [-0.39, 0.29) is 12.3 Å². The van der Waals surface area contributed by atoms with Crippen LogP contribution in [0.1, 0.15) is 46.5 Å². The molecule has 16 heavy (non-hydrogen) atoms. The molecule has 0 radical (unpaired) electrons. The summed E-state index contributed by atoms with van der Waals surface area (Å²) in [6.07, 6.45) is 8.27. The molecule has 0 atom stereocenters. The van der Waals surface area contributed by atoms with Gasteiger partial charge >= 0.3 is 12.3 Å². The van der Waals surface area contributed by atoms with Gasteiger partial charge in [-0.25, -0.2) is 0 Å². The highest BCUT2D eigenvalue weighted by Crippen LogP contribution is 2.42. The summed E-state index contributed by atoms with van der Waals surface area (Å²) >= 11 is 0. The van der Waals surface area contributed by atoms with Crippen LogP contribution in [0.15, 0.2) is 11.6 Å². The van der Waals surface area contributed by atoms with Crippen molar-refractivity contribution in [1.82, 2.24) is 0 Å². The molecule has 1 aliphatic rings. The topological polar surface area (TPSA) is 68.3 Å². The molecule has 0 spiro atoms. The van der Waals surface area contributed by atoms with E-state index in [1.807, 2.05) is 0 Å². The molecule has 0 aliphatic heterocycles. The van der Waals surface area contributed by atoms with Crippen molar-refractivity contribution in [3.05, 3.63) is 11.6 Å². The number of hydrogen-bond donors (Lipinski definition) is 0. The van der Waals surface area contributed by atoms with Crippen LogP contribution in [0.3, 0.4) is 0 Å². The van der Waals surface area contributed by atoms with Gasteiger partial charge in [0.1, 0.15) is 0 Å². The summed E-state index contributed by atoms with van der Waals surface area (Å²) in [6.45, 7) is 6.89. The van der Waals surface area contributed by atoms with Gasteiger partial charge in [0.15, 0.2) is 0 Å². The fourth-order valence-corrected chi connectivity index (χ4v) is 1.92. The molecule has 4 nitrogen and oxygen atoms in total. The Hall–Kier alpha value is -1.50. The third-order valence-electron chi connectivity index (χ3n) is 3.04. The predicted molar refractivity (Wildman–Crippen MR) is 56.0 cm³/mol. The van der Waals surface area contributed by atoms with Crippen LogP contribution in [0, 0.1) is 5.41 Å². The highest BCUT2D eigenvalue weighted by atomic mass is 16.2. The van der Waals surface area contributed by atoms with Crippen molar-refractivity contribution >= 4 is 12.3 Å². The van der Waals surface area contributed by atoms with Crippen LogP contribution in [0.4, 0.5) is 0 Å². The maximum Gasteiger partial charge on any atom is 0.373 e. The second-order valence-electron chi connectivity index (χ2n) is 3.81. The minimum absolute atomic E-state index is 0.250. The van der Waals surface area contributed by atoms with Crippen molar-refractivity contribution in [3.8, 4) is 0 Å². The average Bonchev–Trinajstić information content (AvgIpc) is 2.63. The van der Waals surface area contributed by atoms with E-state index in [1.54, 1.807) is 5.57 Å². The molecule has 0 aromatic carbocycles. The Morgan fingerprint density at radius 2 is 1.50 bits per heavy atom. The Bertz CT molecular complexity index is 263. The maximum atomic E-state index is 8.12. The molecular weight excluding hydrogens is 208 g/mol. The quantitative estimate of drug-likeness (QED) is 0.678. The third-order valence-corrected chi connectivity index (χ3v) is 3.04. The van der Waals surface area contributed by atoms with Crippen LogP contribution < -0.4 is 0 Å². The lowest BCUT2D eigenvalue weighted by molar-refractivity contribution is -0.193. The normalized spacial score (nSPS) is 15.3. The van der Waals surface area contributed by atoms with Crippen molar-refractivity contribution in [3.63, 3.8) is 0 Å². The molecule has 0 fully saturated rings. The summed E-state index contributed by atoms with van der Waals surface area (Å²) < 4.78 is 0. The molecule has 0 unspecified atom stereocenters. The van der Waals surface area contributed by atoms with Gasteiger partial charge in [0.05, 0.1) is 0 Å². The van der Waals surface area contributed by atoms with E-state index in [0.717, 1.165) is 0 Å². The molecule has 1 aliphatic carbocycles. The molecule has 0 amide bonds. The van der Waals surface area contributed by atoms with Gasteiger partial charge in [0, 0.05) is 0 Å². The van der Waals surface area contributed by atoms with Crippen molar-refractivity contribution in [2.75, 3.05) is 0 Å². The summed E-state index contributed by atoms with van der Waals surface area (Å²) in [5.41, 5.74) is 2.26. The monoisotopic (exact) mass is 226 g/mol. The Labute approximate surface area is 95.7 Å².